The van der Waals surface area contributed by atoms with Gasteiger partial charge in [0.2, 0.25) is 0 Å². The molecule has 0 saturated heterocycles. The molecule has 0 saturated carbocycles. The molecule has 5 heteroatoms. The fraction of sp³-hybridized carbons (Fsp3) is 0. The van der Waals surface area contributed by atoms with Crippen LogP contribution in [0.4, 0.5) is 0 Å². The standard InChI is InChI=1S/C6H5Cl.3CO.Mn/c7-6-4-2-1-3-5-6;3*1-2;/h1-5H;;;;. The third kappa shape index (κ3) is 22.5. The third-order valence-electron chi connectivity index (χ3n) is 0.733. The van der Waals surface area contributed by atoms with E-state index in [1.165, 1.54) is 0 Å². The van der Waals surface area contributed by atoms with E-state index in [1.807, 2.05) is 30.3 Å². The Labute approximate surface area is 98.9 Å². The van der Waals surface area contributed by atoms with Gasteiger partial charge in [0.1, 0.15) is 0 Å². The zero-order chi connectivity index (χ0) is 11.1. The summed E-state index contributed by atoms with van der Waals surface area (Å²) >= 11 is 5.54. The summed E-state index contributed by atoms with van der Waals surface area (Å²) in [6, 6.07) is 9.44. The second-order valence-corrected chi connectivity index (χ2v) is 1.73. The minimum absolute atomic E-state index is 0. The van der Waals surface area contributed by atoms with Crippen molar-refractivity contribution in [1.82, 2.24) is 0 Å². The van der Waals surface area contributed by atoms with Crippen LogP contribution in [0.1, 0.15) is 0 Å². The molecule has 1 rings (SSSR count). The molecule has 0 spiro atoms. The molecule has 73 valence electrons. The molecule has 0 unspecified atom stereocenters. The van der Waals surface area contributed by atoms with Crippen molar-refractivity contribution in [2.24, 2.45) is 0 Å². The largest absolute Gasteiger partial charge is 0.281 e. The summed E-state index contributed by atoms with van der Waals surface area (Å²) in [5.41, 5.74) is 0. The molecule has 0 bridgehead atoms. The van der Waals surface area contributed by atoms with Crippen LogP contribution in [-0.4, -0.2) is 20.4 Å². The Kier molecular flexibility index (Phi) is 48.9. The van der Waals surface area contributed by atoms with E-state index >= 15 is 0 Å². The normalized spacial score (nSPS) is 5.21. The first-order valence-corrected chi connectivity index (χ1v) is 3.09. The molecule has 0 atom stereocenters. The smallest absolute Gasteiger partial charge is 0.281 e. The van der Waals surface area contributed by atoms with E-state index < -0.39 is 0 Å². The Morgan fingerprint density at radius 3 is 1.21 bits per heavy atom. The van der Waals surface area contributed by atoms with Gasteiger partial charge in [-0.05, 0) is 12.1 Å². The average molecular weight is 252 g/mol. The van der Waals surface area contributed by atoms with Crippen LogP contribution in [0.5, 0.6) is 0 Å². The van der Waals surface area contributed by atoms with Gasteiger partial charge < -0.3 is 0 Å². The first-order chi connectivity index (χ1) is 6.39. The minimum atomic E-state index is 0. The topological polar surface area (TPSA) is 51.2 Å². The van der Waals surface area contributed by atoms with Crippen molar-refractivity contribution >= 4 is 32.0 Å². The summed E-state index contributed by atoms with van der Waals surface area (Å²) in [7, 11) is 0. The molecule has 0 fully saturated rings. The molecule has 7 radical (unpaired) electrons. The Balaban J connectivity index is -0.0000000625. The Hall–Kier alpha value is -0.961. The monoisotopic (exact) mass is 251 g/mol. The van der Waals surface area contributed by atoms with Gasteiger partial charge in [-0.3, -0.25) is 14.4 Å². The van der Waals surface area contributed by atoms with Gasteiger partial charge in [0.25, 0.3) is 20.4 Å². The maximum Gasteiger partial charge on any atom is 0.281 e. The van der Waals surface area contributed by atoms with E-state index in [0.29, 0.717) is 0 Å². The van der Waals surface area contributed by atoms with Crippen molar-refractivity contribution in [3.05, 3.63) is 35.4 Å². The van der Waals surface area contributed by atoms with E-state index in [-0.39, 0.29) is 17.1 Å². The molecular formula is C9H5ClMnO3. The van der Waals surface area contributed by atoms with Gasteiger partial charge in [0.05, 0.1) is 0 Å². The molecule has 14 heavy (non-hydrogen) atoms. The first kappa shape index (κ1) is 23.1. The molecular weight excluding hydrogens is 246 g/mol. The van der Waals surface area contributed by atoms with Crippen molar-refractivity contribution < 1.29 is 31.5 Å². The molecule has 1 aromatic rings. The van der Waals surface area contributed by atoms with Crippen LogP contribution in [-0.2, 0) is 31.5 Å². The molecule has 0 amide bonds. The number of hydrogen-bond donors (Lipinski definition) is 0. The number of hydrogen-bond acceptors (Lipinski definition) is 3. The molecule has 0 aromatic heterocycles. The van der Waals surface area contributed by atoms with Crippen molar-refractivity contribution in [3.63, 3.8) is 0 Å². The summed E-state index contributed by atoms with van der Waals surface area (Å²) in [4.78, 5) is 22.5. The maximum absolute atomic E-state index is 7.50. The van der Waals surface area contributed by atoms with Crippen molar-refractivity contribution in [1.29, 1.82) is 0 Å². The van der Waals surface area contributed by atoms with Crippen LogP contribution in [0.3, 0.4) is 0 Å². The Bertz CT molecular complexity index is 180. The number of rotatable bonds is 0. The zero-order valence-corrected chi connectivity index (χ0v) is 8.80. The van der Waals surface area contributed by atoms with Gasteiger partial charge in [0, 0.05) is 22.1 Å². The maximum atomic E-state index is 7.50. The first-order valence-electron chi connectivity index (χ1n) is 2.71. The van der Waals surface area contributed by atoms with E-state index in [4.69, 9.17) is 26.0 Å². The second-order valence-electron chi connectivity index (χ2n) is 1.30. The predicted molar refractivity (Wildman–Crippen MR) is 48.5 cm³/mol. The van der Waals surface area contributed by atoms with Crippen LogP contribution in [0.2, 0.25) is 5.02 Å². The summed E-state index contributed by atoms with van der Waals surface area (Å²) in [6.07, 6.45) is 0. The molecule has 0 aliphatic carbocycles. The second kappa shape index (κ2) is 29.6. The van der Waals surface area contributed by atoms with Gasteiger partial charge >= 0.3 is 0 Å². The minimum Gasteiger partial charge on any atom is -0.281 e. The SMILES string of the molecule is Clc1ccccc1.[C]=O.[C]=O.[C]=O.[Mn]. The number of benzene rings is 1. The van der Waals surface area contributed by atoms with Gasteiger partial charge in [-0.2, -0.15) is 0 Å². The third-order valence-corrected chi connectivity index (χ3v) is 0.985. The van der Waals surface area contributed by atoms with Crippen LogP contribution in [0.25, 0.3) is 0 Å². The van der Waals surface area contributed by atoms with Gasteiger partial charge in [0.15, 0.2) is 0 Å². The van der Waals surface area contributed by atoms with Gasteiger partial charge in [-0.25, -0.2) is 0 Å². The van der Waals surface area contributed by atoms with Crippen LogP contribution in [0.15, 0.2) is 30.3 Å². The summed E-state index contributed by atoms with van der Waals surface area (Å²) < 4.78 is 0. The fourth-order valence-corrected chi connectivity index (χ4v) is 0.560. The molecule has 3 nitrogen and oxygen atoms in total. The Morgan fingerprint density at radius 1 is 0.786 bits per heavy atom. The molecule has 0 N–H and O–H groups in total. The molecule has 0 aliphatic heterocycles. The van der Waals surface area contributed by atoms with Crippen LogP contribution < -0.4 is 0 Å². The quantitative estimate of drug-likeness (QED) is 0.650. The fourth-order valence-electron chi connectivity index (χ4n) is 0.415. The van der Waals surface area contributed by atoms with E-state index in [9.17, 15) is 0 Å². The van der Waals surface area contributed by atoms with Crippen molar-refractivity contribution in [2.45, 2.75) is 0 Å². The van der Waals surface area contributed by atoms with Crippen molar-refractivity contribution in [3.8, 4) is 0 Å². The van der Waals surface area contributed by atoms with Crippen LogP contribution in [0, 0.1) is 0 Å². The van der Waals surface area contributed by atoms with Crippen molar-refractivity contribution in [2.75, 3.05) is 0 Å². The summed E-state index contributed by atoms with van der Waals surface area (Å²) in [5, 5.41) is 0.794. The van der Waals surface area contributed by atoms with Gasteiger partial charge in [-0.15, -0.1) is 0 Å². The van der Waals surface area contributed by atoms with E-state index in [1.54, 1.807) is 0 Å². The molecule has 1 aromatic carbocycles. The van der Waals surface area contributed by atoms with E-state index in [0.717, 1.165) is 5.02 Å². The number of halogens is 1. The van der Waals surface area contributed by atoms with E-state index in [2.05, 4.69) is 20.4 Å². The predicted octanol–water partition coefficient (Wildman–Crippen LogP) is 1.15. The summed E-state index contributed by atoms with van der Waals surface area (Å²) in [5.74, 6) is 0. The zero-order valence-electron chi connectivity index (χ0n) is 6.87. The average Bonchev–Trinajstić information content (AvgIpc) is 2.28. The molecule has 0 heterocycles. The van der Waals surface area contributed by atoms with Gasteiger partial charge in [-0.1, -0.05) is 29.8 Å². The number of carbonyl (C=O) groups excluding carboxylic acids is 3. The Morgan fingerprint density at radius 2 is 1.07 bits per heavy atom. The summed E-state index contributed by atoms with van der Waals surface area (Å²) in [6.45, 7) is 13.5. The van der Waals surface area contributed by atoms with Crippen LogP contribution >= 0.6 is 11.6 Å². The molecule has 0 aliphatic rings.